The van der Waals surface area contributed by atoms with Crippen molar-refractivity contribution in [2.45, 2.75) is 18.4 Å². The van der Waals surface area contributed by atoms with Gasteiger partial charge >= 0.3 is 5.97 Å². The van der Waals surface area contributed by atoms with Crippen molar-refractivity contribution in [3.63, 3.8) is 0 Å². The van der Waals surface area contributed by atoms with Gasteiger partial charge in [0.15, 0.2) is 5.03 Å². The number of rotatable bonds is 7. The molecule has 1 aromatic carbocycles. The van der Waals surface area contributed by atoms with Crippen LogP contribution in [0.3, 0.4) is 0 Å². The average molecular weight is 340 g/mol. The number of benzene rings is 1. The Hall–Kier alpha value is -1.77. The molecule has 2 rings (SSSR count). The predicted octanol–water partition coefficient (Wildman–Crippen LogP) is 2.30. The predicted molar refractivity (Wildman–Crippen MR) is 84.2 cm³/mol. The van der Waals surface area contributed by atoms with E-state index in [0.717, 1.165) is 9.87 Å². The molecule has 1 aromatic heterocycles. The van der Waals surface area contributed by atoms with Gasteiger partial charge in [0.2, 0.25) is 0 Å². The van der Waals surface area contributed by atoms with Gasteiger partial charge in [-0.1, -0.05) is 37.3 Å². The molecule has 0 saturated carbocycles. The van der Waals surface area contributed by atoms with Crippen molar-refractivity contribution in [1.82, 2.24) is 9.29 Å². The molecule has 2 aromatic rings. The topological polar surface area (TPSA) is 87.6 Å². The zero-order chi connectivity index (χ0) is 16.2. The number of hydrogen-bond donors (Lipinski definition) is 1. The second kappa shape index (κ2) is 6.99. The molecule has 6 nitrogen and oxygen atoms in total. The summed E-state index contributed by atoms with van der Waals surface area (Å²) in [5.74, 6) is -1.18. The molecule has 1 N–H and O–H groups in total. The largest absolute Gasteiger partial charge is 0.480 e. The second-order valence-corrected chi connectivity index (χ2v) is 7.33. The molecular weight excluding hydrogens is 324 g/mol. The Bertz CT molecular complexity index is 741. The molecule has 0 aliphatic carbocycles. The number of nitrogens with zero attached hydrogens (tertiary/aromatic N) is 2. The van der Waals surface area contributed by atoms with Crippen LogP contribution in [-0.4, -0.2) is 41.9 Å². The lowest BCUT2D eigenvalue weighted by atomic mass is 10.2. The number of carboxylic acid groups (broad SMARTS) is 1. The van der Waals surface area contributed by atoms with Gasteiger partial charge in [-0.15, -0.1) is 11.3 Å². The van der Waals surface area contributed by atoms with Crippen LogP contribution in [-0.2, 0) is 14.8 Å². The fraction of sp³-hybridized carbons (Fsp3) is 0.286. The summed E-state index contributed by atoms with van der Waals surface area (Å²) in [6.45, 7) is 1.38. The van der Waals surface area contributed by atoms with Crippen molar-refractivity contribution in [1.29, 1.82) is 0 Å². The molecule has 1 heterocycles. The molecule has 22 heavy (non-hydrogen) atoms. The van der Waals surface area contributed by atoms with E-state index in [1.165, 1.54) is 16.7 Å². The lowest BCUT2D eigenvalue weighted by molar-refractivity contribution is -0.137. The summed E-state index contributed by atoms with van der Waals surface area (Å²) in [5.41, 5.74) is 0.828. The lowest BCUT2D eigenvalue weighted by Crippen LogP contribution is -2.36. The smallest absolute Gasteiger partial charge is 0.318 e. The minimum absolute atomic E-state index is 0.106. The molecule has 0 unspecified atom stereocenters. The van der Waals surface area contributed by atoms with Crippen LogP contribution >= 0.6 is 11.3 Å². The SMILES string of the molecule is CCCN(CC(=O)O)S(=O)(=O)c1csc(-c2ccccc2)n1. The van der Waals surface area contributed by atoms with E-state index in [1.807, 2.05) is 30.3 Å². The third kappa shape index (κ3) is 3.70. The van der Waals surface area contributed by atoms with Gasteiger partial charge in [0.1, 0.15) is 11.6 Å². The Balaban J connectivity index is 2.33. The highest BCUT2D eigenvalue weighted by atomic mass is 32.2. The van der Waals surface area contributed by atoms with Crippen LogP contribution in [0.2, 0.25) is 0 Å². The summed E-state index contributed by atoms with van der Waals surface area (Å²) in [7, 11) is -3.89. The first-order valence-electron chi connectivity index (χ1n) is 6.68. The fourth-order valence-corrected chi connectivity index (χ4v) is 4.46. The molecule has 0 aliphatic heterocycles. The standard InChI is InChI=1S/C14H16N2O4S2/c1-2-8-16(9-13(17)18)22(19,20)12-10-21-14(15-12)11-6-4-3-5-7-11/h3-7,10H,2,8-9H2,1H3,(H,17,18). The van der Waals surface area contributed by atoms with Gasteiger partial charge in [-0.2, -0.15) is 4.31 Å². The average Bonchev–Trinajstić information content (AvgIpc) is 2.98. The first kappa shape index (κ1) is 16.6. The van der Waals surface area contributed by atoms with Gasteiger partial charge in [-0.25, -0.2) is 13.4 Å². The lowest BCUT2D eigenvalue weighted by Gasteiger charge is -2.17. The van der Waals surface area contributed by atoms with Crippen molar-refractivity contribution in [2.75, 3.05) is 13.1 Å². The van der Waals surface area contributed by atoms with Crippen molar-refractivity contribution < 1.29 is 18.3 Å². The number of aromatic nitrogens is 1. The highest BCUT2D eigenvalue weighted by Crippen LogP contribution is 2.26. The monoisotopic (exact) mass is 340 g/mol. The minimum Gasteiger partial charge on any atom is -0.480 e. The Morgan fingerprint density at radius 2 is 2.00 bits per heavy atom. The first-order valence-corrected chi connectivity index (χ1v) is 9.00. The van der Waals surface area contributed by atoms with Gasteiger partial charge in [0, 0.05) is 17.5 Å². The summed E-state index contributed by atoms with van der Waals surface area (Å²) >= 11 is 1.22. The van der Waals surface area contributed by atoms with Crippen LogP contribution in [0.15, 0.2) is 40.7 Å². The molecule has 0 atom stereocenters. The van der Waals surface area contributed by atoms with Crippen LogP contribution in [0.25, 0.3) is 10.6 Å². The van der Waals surface area contributed by atoms with Crippen molar-refractivity contribution in [3.05, 3.63) is 35.7 Å². The molecule has 0 radical (unpaired) electrons. The Labute approximate surface area is 133 Å². The van der Waals surface area contributed by atoms with E-state index in [0.29, 0.717) is 11.4 Å². The highest BCUT2D eigenvalue weighted by molar-refractivity contribution is 7.89. The Morgan fingerprint density at radius 3 is 2.59 bits per heavy atom. The third-order valence-corrected chi connectivity index (χ3v) is 5.66. The number of aliphatic carboxylic acids is 1. The van der Waals surface area contributed by atoms with Gasteiger partial charge in [-0.3, -0.25) is 4.79 Å². The number of thiazole rings is 1. The van der Waals surface area contributed by atoms with Crippen LogP contribution in [0, 0.1) is 0 Å². The summed E-state index contributed by atoms with van der Waals surface area (Å²) in [4.78, 5) is 15.0. The molecule has 0 bridgehead atoms. The maximum Gasteiger partial charge on any atom is 0.318 e. The molecule has 0 saturated heterocycles. The first-order chi connectivity index (χ1) is 10.4. The van der Waals surface area contributed by atoms with Gasteiger partial charge in [0.05, 0.1) is 0 Å². The molecule has 118 valence electrons. The molecule has 0 spiro atoms. The van der Waals surface area contributed by atoms with E-state index in [4.69, 9.17) is 5.11 Å². The summed E-state index contributed by atoms with van der Waals surface area (Å²) in [5, 5.41) is 10.8. The van der Waals surface area contributed by atoms with E-state index in [-0.39, 0.29) is 11.6 Å². The molecule has 0 amide bonds. The zero-order valence-electron chi connectivity index (χ0n) is 12.0. The third-order valence-electron chi connectivity index (χ3n) is 2.89. The molecule has 8 heteroatoms. The van der Waals surface area contributed by atoms with E-state index in [2.05, 4.69) is 4.98 Å². The van der Waals surface area contributed by atoms with Crippen LogP contribution < -0.4 is 0 Å². The van der Waals surface area contributed by atoms with E-state index >= 15 is 0 Å². The van der Waals surface area contributed by atoms with Gasteiger partial charge in [0.25, 0.3) is 10.0 Å². The fourth-order valence-electron chi connectivity index (χ4n) is 1.91. The maximum atomic E-state index is 12.5. The normalized spacial score (nSPS) is 11.7. The second-order valence-electron chi connectivity index (χ2n) is 4.59. The molecular formula is C14H16N2O4S2. The van der Waals surface area contributed by atoms with Gasteiger partial charge < -0.3 is 5.11 Å². The molecule has 0 fully saturated rings. The Kier molecular flexibility index (Phi) is 5.28. The van der Waals surface area contributed by atoms with Crippen LogP contribution in [0.1, 0.15) is 13.3 Å². The highest BCUT2D eigenvalue weighted by Gasteiger charge is 2.28. The van der Waals surface area contributed by atoms with E-state index in [9.17, 15) is 13.2 Å². The number of sulfonamides is 1. The van der Waals surface area contributed by atoms with Crippen molar-refractivity contribution >= 4 is 27.3 Å². The van der Waals surface area contributed by atoms with E-state index in [1.54, 1.807) is 6.92 Å². The quantitative estimate of drug-likeness (QED) is 0.835. The summed E-state index contributed by atoms with van der Waals surface area (Å²) in [6, 6.07) is 9.24. The van der Waals surface area contributed by atoms with Crippen molar-refractivity contribution in [2.24, 2.45) is 0 Å². The van der Waals surface area contributed by atoms with Crippen molar-refractivity contribution in [3.8, 4) is 10.6 Å². The summed E-state index contributed by atoms with van der Waals surface area (Å²) in [6.07, 6.45) is 0.530. The number of carbonyl (C=O) groups is 1. The van der Waals surface area contributed by atoms with Crippen LogP contribution in [0.5, 0.6) is 0 Å². The summed E-state index contributed by atoms with van der Waals surface area (Å²) < 4.78 is 26.0. The maximum absolute atomic E-state index is 12.5. The minimum atomic E-state index is -3.89. The van der Waals surface area contributed by atoms with Gasteiger partial charge in [-0.05, 0) is 6.42 Å². The molecule has 0 aliphatic rings. The van der Waals surface area contributed by atoms with E-state index < -0.39 is 22.5 Å². The zero-order valence-corrected chi connectivity index (χ0v) is 13.6. The number of hydrogen-bond acceptors (Lipinski definition) is 5. The van der Waals surface area contributed by atoms with Crippen LogP contribution in [0.4, 0.5) is 0 Å². The number of carboxylic acids is 1. The Morgan fingerprint density at radius 1 is 1.32 bits per heavy atom.